The number of hydrogen-bond donors (Lipinski definition) is 3. The average Bonchev–Trinajstić information content (AvgIpc) is 2.74. The molecule has 0 saturated heterocycles. The molecule has 1 amide bonds. The van der Waals surface area contributed by atoms with Crippen molar-refractivity contribution >= 4 is 5.91 Å². The summed E-state index contributed by atoms with van der Waals surface area (Å²) in [5.41, 5.74) is 1.83. The van der Waals surface area contributed by atoms with Gasteiger partial charge in [0.05, 0.1) is 5.69 Å². The zero-order chi connectivity index (χ0) is 15.4. The van der Waals surface area contributed by atoms with Gasteiger partial charge in [-0.3, -0.25) is 14.3 Å². The predicted octanol–water partition coefficient (Wildman–Crippen LogP) is 0.0380. The molecule has 1 unspecified atom stereocenters. The summed E-state index contributed by atoms with van der Waals surface area (Å²) < 4.78 is 1.60. The molecule has 0 aliphatic heterocycles. The van der Waals surface area contributed by atoms with Crippen molar-refractivity contribution in [2.75, 3.05) is 6.54 Å². The Hall–Kier alpha value is -2.41. The molecule has 2 rings (SSSR count). The lowest BCUT2D eigenvalue weighted by Crippen LogP contribution is -2.32. The summed E-state index contributed by atoms with van der Waals surface area (Å²) in [5, 5.41) is 16.7. The number of nitrogens with zero attached hydrogens (tertiary/aromatic N) is 2. The van der Waals surface area contributed by atoms with Gasteiger partial charge in [-0.25, -0.2) is 0 Å². The minimum atomic E-state index is -0.955. The van der Waals surface area contributed by atoms with Crippen LogP contribution in [0.4, 0.5) is 0 Å². The van der Waals surface area contributed by atoms with Crippen LogP contribution in [0.25, 0.3) is 0 Å². The van der Waals surface area contributed by atoms with Crippen molar-refractivity contribution in [1.29, 1.82) is 0 Å². The van der Waals surface area contributed by atoms with E-state index in [4.69, 9.17) is 0 Å². The van der Waals surface area contributed by atoms with Gasteiger partial charge in [0, 0.05) is 24.0 Å². The van der Waals surface area contributed by atoms with Gasteiger partial charge in [-0.1, -0.05) is 6.07 Å². The summed E-state index contributed by atoms with van der Waals surface area (Å²) in [6.07, 6.45) is -0.955. The zero-order valence-electron chi connectivity index (χ0n) is 12.0. The Morgan fingerprint density at radius 1 is 1.48 bits per heavy atom. The fraction of sp³-hybridized carbons (Fsp3) is 0.357. The third kappa shape index (κ3) is 4.03. The molecule has 3 N–H and O–H groups in total. The zero-order valence-corrected chi connectivity index (χ0v) is 12.0. The average molecular weight is 290 g/mol. The maximum Gasteiger partial charge on any atom is 0.248 e. The number of aliphatic hydroxyl groups excluding tert-OH is 1. The molecule has 0 saturated carbocycles. The van der Waals surface area contributed by atoms with Gasteiger partial charge in [0.1, 0.15) is 12.6 Å². The van der Waals surface area contributed by atoms with Crippen LogP contribution in [-0.4, -0.2) is 32.3 Å². The maximum atomic E-state index is 11.8. The van der Waals surface area contributed by atoms with Gasteiger partial charge < -0.3 is 15.4 Å². The molecular formula is C14H18N4O3. The van der Waals surface area contributed by atoms with E-state index < -0.39 is 6.10 Å². The summed E-state index contributed by atoms with van der Waals surface area (Å²) in [4.78, 5) is 25.5. The Balaban J connectivity index is 1.89. The van der Waals surface area contributed by atoms with Crippen molar-refractivity contribution in [1.82, 2.24) is 20.1 Å². The fourth-order valence-corrected chi connectivity index (χ4v) is 2.01. The first-order valence-electron chi connectivity index (χ1n) is 6.61. The standard InChI is InChI=1S/C14H18N4O3/c1-9-6-10(2)18(17-9)8-14(21)15-7-12(19)11-4-3-5-13(20)16-11/h3-6,12,19H,7-8H2,1-2H3,(H,15,21)(H,16,20). The summed E-state index contributed by atoms with van der Waals surface area (Å²) in [6, 6.07) is 6.39. The Bertz CT molecular complexity index is 690. The number of pyridine rings is 1. The molecule has 0 radical (unpaired) electrons. The van der Waals surface area contributed by atoms with E-state index in [9.17, 15) is 14.7 Å². The van der Waals surface area contributed by atoms with Crippen LogP contribution in [0.2, 0.25) is 0 Å². The molecule has 0 aliphatic carbocycles. The largest absolute Gasteiger partial charge is 0.385 e. The van der Waals surface area contributed by atoms with E-state index in [1.807, 2.05) is 19.9 Å². The van der Waals surface area contributed by atoms with Crippen LogP contribution < -0.4 is 10.9 Å². The van der Waals surface area contributed by atoms with Gasteiger partial charge in [0.15, 0.2) is 0 Å². The molecule has 1 atom stereocenters. The van der Waals surface area contributed by atoms with Gasteiger partial charge in [0.2, 0.25) is 11.5 Å². The second kappa shape index (κ2) is 6.36. The number of rotatable bonds is 5. The lowest BCUT2D eigenvalue weighted by Gasteiger charge is -2.12. The van der Waals surface area contributed by atoms with Crippen LogP contribution in [0.3, 0.4) is 0 Å². The molecule has 21 heavy (non-hydrogen) atoms. The van der Waals surface area contributed by atoms with Crippen molar-refractivity contribution in [2.24, 2.45) is 0 Å². The first-order valence-corrected chi connectivity index (χ1v) is 6.61. The summed E-state index contributed by atoms with van der Waals surface area (Å²) in [7, 11) is 0. The molecule has 2 aromatic rings. The number of aliphatic hydroxyl groups is 1. The number of carbonyl (C=O) groups is 1. The van der Waals surface area contributed by atoms with E-state index in [2.05, 4.69) is 15.4 Å². The SMILES string of the molecule is Cc1cc(C)n(CC(=O)NCC(O)c2cccc(=O)[nH]2)n1. The van der Waals surface area contributed by atoms with Crippen LogP contribution in [-0.2, 0) is 11.3 Å². The van der Waals surface area contributed by atoms with Gasteiger partial charge in [-0.15, -0.1) is 0 Å². The Morgan fingerprint density at radius 2 is 2.24 bits per heavy atom. The Kier molecular flexibility index (Phi) is 4.54. The van der Waals surface area contributed by atoms with Gasteiger partial charge >= 0.3 is 0 Å². The number of aromatic amines is 1. The highest BCUT2D eigenvalue weighted by molar-refractivity contribution is 5.75. The highest BCUT2D eigenvalue weighted by Gasteiger charge is 2.11. The van der Waals surface area contributed by atoms with Gasteiger partial charge in [0.25, 0.3) is 0 Å². The van der Waals surface area contributed by atoms with E-state index in [-0.39, 0.29) is 24.6 Å². The number of carbonyl (C=O) groups excluding carboxylic acids is 1. The minimum absolute atomic E-state index is 0.0259. The Labute approximate surface area is 121 Å². The smallest absolute Gasteiger partial charge is 0.248 e. The lowest BCUT2D eigenvalue weighted by molar-refractivity contribution is -0.122. The quantitative estimate of drug-likeness (QED) is 0.723. The van der Waals surface area contributed by atoms with Crippen LogP contribution in [0.1, 0.15) is 23.2 Å². The van der Waals surface area contributed by atoms with Crippen molar-refractivity contribution in [3.8, 4) is 0 Å². The third-order valence-corrected chi connectivity index (χ3v) is 3.04. The first-order chi connectivity index (χ1) is 9.95. The third-order valence-electron chi connectivity index (χ3n) is 3.04. The van der Waals surface area contributed by atoms with Gasteiger partial charge in [-0.2, -0.15) is 5.10 Å². The predicted molar refractivity (Wildman–Crippen MR) is 76.7 cm³/mol. The molecule has 0 aromatic carbocycles. The first kappa shape index (κ1) is 15.0. The number of nitrogens with one attached hydrogen (secondary N) is 2. The van der Waals surface area contributed by atoms with Crippen LogP contribution in [0, 0.1) is 13.8 Å². The number of aryl methyl sites for hydroxylation is 2. The molecule has 2 heterocycles. The highest BCUT2D eigenvalue weighted by Crippen LogP contribution is 2.06. The number of amides is 1. The van der Waals surface area contributed by atoms with Crippen LogP contribution >= 0.6 is 0 Å². The second-order valence-electron chi connectivity index (χ2n) is 4.88. The molecule has 7 nitrogen and oxygen atoms in total. The van der Waals surface area contributed by atoms with E-state index >= 15 is 0 Å². The normalized spacial score (nSPS) is 12.1. The Morgan fingerprint density at radius 3 is 2.86 bits per heavy atom. The number of H-pyrrole nitrogens is 1. The van der Waals surface area contributed by atoms with E-state index in [0.29, 0.717) is 5.69 Å². The minimum Gasteiger partial charge on any atom is -0.385 e. The molecule has 0 bridgehead atoms. The summed E-state index contributed by atoms with van der Waals surface area (Å²) in [5.74, 6) is -0.251. The van der Waals surface area contributed by atoms with Crippen molar-refractivity contribution in [3.05, 3.63) is 51.7 Å². The van der Waals surface area contributed by atoms with E-state index in [0.717, 1.165) is 11.4 Å². The van der Waals surface area contributed by atoms with Crippen LogP contribution in [0.15, 0.2) is 29.1 Å². The van der Waals surface area contributed by atoms with Crippen molar-refractivity contribution < 1.29 is 9.90 Å². The van der Waals surface area contributed by atoms with Crippen molar-refractivity contribution in [2.45, 2.75) is 26.5 Å². The van der Waals surface area contributed by atoms with E-state index in [1.54, 1.807) is 16.8 Å². The van der Waals surface area contributed by atoms with Gasteiger partial charge in [-0.05, 0) is 26.0 Å². The molecule has 0 aliphatic rings. The molecule has 0 fully saturated rings. The topological polar surface area (TPSA) is 100 Å². The molecule has 2 aromatic heterocycles. The second-order valence-corrected chi connectivity index (χ2v) is 4.88. The maximum absolute atomic E-state index is 11.8. The summed E-state index contributed by atoms with van der Waals surface area (Å²) in [6.45, 7) is 3.85. The lowest BCUT2D eigenvalue weighted by atomic mass is 10.2. The number of hydrogen-bond acceptors (Lipinski definition) is 4. The molecular weight excluding hydrogens is 272 g/mol. The van der Waals surface area contributed by atoms with E-state index in [1.165, 1.54) is 6.07 Å². The molecule has 0 spiro atoms. The molecule has 7 heteroatoms. The molecule has 112 valence electrons. The fourth-order valence-electron chi connectivity index (χ4n) is 2.01. The monoisotopic (exact) mass is 290 g/mol. The van der Waals surface area contributed by atoms with Crippen LogP contribution in [0.5, 0.6) is 0 Å². The highest BCUT2D eigenvalue weighted by atomic mass is 16.3. The van der Waals surface area contributed by atoms with Crippen molar-refractivity contribution in [3.63, 3.8) is 0 Å². The number of aromatic nitrogens is 3. The summed E-state index contributed by atoms with van der Waals surface area (Å²) >= 11 is 0.